The number of nitrogens with zero attached hydrogens (tertiary/aromatic N) is 5. The number of aliphatic imine (C=N–C) groups is 5. The van der Waals surface area contributed by atoms with Crippen molar-refractivity contribution in [1.29, 1.82) is 0 Å². The number of ether oxygens (including phenoxy) is 11. The Balaban J connectivity index is 0.000000160. The molecule has 0 radical (unpaired) electrons. The molecule has 26 nitrogen and oxygen atoms in total. The van der Waals surface area contributed by atoms with Gasteiger partial charge in [0.2, 0.25) is 0 Å². The van der Waals surface area contributed by atoms with Gasteiger partial charge in [0.05, 0.1) is 114 Å². The van der Waals surface area contributed by atoms with E-state index in [-0.39, 0.29) is 94.2 Å². The minimum atomic E-state index is -1.71. The Labute approximate surface area is 667 Å². The molecule has 0 amide bonds. The smallest absolute Gasteiger partial charge is 0.159 e. The van der Waals surface area contributed by atoms with Crippen molar-refractivity contribution in [3.8, 4) is 17.2 Å². The van der Waals surface area contributed by atoms with Gasteiger partial charge in [-0.1, -0.05) is 135 Å². The van der Waals surface area contributed by atoms with Crippen LogP contribution in [0.3, 0.4) is 0 Å². The van der Waals surface area contributed by atoms with Gasteiger partial charge in [0, 0.05) is 53.0 Å². The molecule has 3 aromatic carbocycles. The van der Waals surface area contributed by atoms with Crippen molar-refractivity contribution >= 4 is 84.6 Å². The Hall–Kier alpha value is -5.02. The predicted molar refractivity (Wildman–Crippen MR) is 435 cm³/mol. The summed E-state index contributed by atoms with van der Waals surface area (Å²) in [5.74, 6) is 2.63. The van der Waals surface area contributed by atoms with Crippen LogP contribution in [0.5, 0.6) is 17.2 Å². The van der Waals surface area contributed by atoms with E-state index in [4.69, 9.17) is 52.1 Å². The average Bonchev–Trinajstić information content (AvgIpc) is 1.56. The zero-order valence-corrected chi connectivity index (χ0v) is 70.2. The van der Waals surface area contributed by atoms with Crippen molar-refractivity contribution in [3.63, 3.8) is 0 Å². The van der Waals surface area contributed by atoms with E-state index in [0.29, 0.717) is 30.6 Å². The second kappa shape index (κ2) is 39.1. The maximum absolute atomic E-state index is 14.7. The molecule has 10 saturated heterocycles. The molecule has 25 atom stereocenters. The zero-order chi connectivity index (χ0) is 80.4. The summed E-state index contributed by atoms with van der Waals surface area (Å²) in [5.41, 5.74) is -0.0772. The van der Waals surface area contributed by atoms with Gasteiger partial charge in [-0.25, -0.2) is 8.78 Å². The summed E-state index contributed by atoms with van der Waals surface area (Å²) in [7, 11) is 13.5. The standard InChI is InChI=1S/C19H27FN2O3S.C19H28N2O4S.C19H26N2O3S.C10H17FN2O3S.C10H16N2O3S/c1-11-15(24-10-12-6-8-13(23-5)9-7-12)14-17(26-18(21-4)22-14)25-16(11)19(2,3)20;1-11-15(24-10-12-6-8-13(23-5)9-7-12)14-17(26-18(20-4)21-14)25-16(11)19(2,3)22;1-11(2)16-12(3)17(15-18(24-16)25-19(20-4)21-15)23-10-13-6-8-14(22-5)9-7-13;1-10(2,11)7-6(15)5(14)4-8(16-7)17-9(12-3)13-4;1-4(2)8-7(14)6(13)5-9(15-8)16-10(11-3)12-5/h6-9,11,14-17H,10H2,1-5H3,(H,21,22);6-9,11,14-17,22H,10H2,1-5H3,(H,20,21);6-9,12,15-18H,1,10H2,2-5H3,(H,20,21);4-8,14-15H,1-3H3,(H,12,13);5-9,13-14H,1H2,2-3H3,(H,11,12)/t2*11-,14+,15-,16-,17+;12-,15-,16-,17+,18-;4-,5-,6+,7+,8-;5-,6-,7+,8-,9-/m00111/s1. The number of nitrogens with one attached hydrogen (secondary N) is 5. The molecular formula is C77H114F2N10O16S5. The van der Waals surface area contributed by atoms with Crippen molar-refractivity contribution < 1.29 is 86.4 Å². The van der Waals surface area contributed by atoms with Crippen LogP contribution in [0, 0.1) is 17.8 Å². The monoisotopic (exact) mass is 1630 g/mol. The topological polar surface area (TPSA) is 325 Å². The second-order valence-corrected chi connectivity index (χ2v) is 35.5. The highest BCUT2D eigenvalue weighted by atomic mass is 32.2. The third-order valence-electron chi connectivity index (χ3n) is 20.4. The molecule has 0 aromatic heterocycles. The molecular weight excluding hydrogens is 1520 g/mol. The van der Waals surface area contributed by atoms with Crippen molar-refractivity contribution in [3.05, 3.63) is 114 Å². The Morgan fingerprint density at radius 1 is 0.409 bits per heavy atom. The number of methoxy groups -OCH3 is 3. The number of alkyl halides is 2. The van der Waals surface area contributed by atoms with Crippen LogP contribution in [0.25, 0.3) is 0 Å². The molecule has 3 aromatic rings. The number of thioether (sulfide) groups is 5. The van der Waals surface area contributed by atoms with Gasteiger partial charge in [-0.2, -0.15) is 0 Å². The maximum atomic E-state index is 14.7. The molecule has 10 aliphatic rings. The minimum Gasteiger partial charge on any atom is -0.497 e. The number of hydrogen-bond acceptors (Lipinski definition) is 26. The SMILES string of the molecule is C=C(C)[C@H]1O[C@@H]2SC(=NC)N[C@@H]2[C@@H](O)[C@@H]1O.C=C(C)[C@H]1O[C@@H]2SC(=NC)N[C@@H]2[C@@H](OCc2ccc(OC)cc2)[C@@H]1C.CN=C1N[C@@H]2[C@@H](O)[C@H](O)[C@@H](C(C)(C)F)O[C@@H]2S1.CN=C1N[C@@H]2[C@@H](OCc3ccc(OC)cc3)[C@H](C)[C@@H](C(C)(C)F)O[C@@H]2S1.CN=C1N[C@@H]2[C@@H](OCc3ccc(OC)cc3)[C@H](C)[C@@H](C(C)(C)O)O[C@@H]2S1. The normalized spacial score (nSPS) is 36.6. The summed E-state index contributed by atoms with van der Waals surface area (Å²) in [6.07, 6.45) is -6.78. The molecule has 110 heavy (non-hydrogen) atoms. The lowest BCUT2D eigenvalue weighted by molar-refractivity contribution is -0.194. The average molecular weight is 1630 g/mol. The molecule has 612 valence electrons. The first-order chi connectivity index (χ1) is 52.1. The molecule has 0 saturated carbocycles. The van der Waals surface area contributed by atoms with Gasteiger partial charge in [-0.15, -0.1) is 0 Å². The summed E-state index contributed by atoms with van der Waals surface area (Å²) in [6.45, 7) is 28.8. The number of aliphatic hydroxyl groups is 5. The number of fused-ring (bicyclic) bond motifs is 5. The first kappa shape index (κ1) is 88.9. The van der Waals surface area contributed by atoms with E-state index in [1.54, 1.807) is 115 Å². The van der Waals surface area contributed by atoms with Crippen LogP contribution in [0.2, 0.25) is 0 Å². The zero-order valence-electron chi connectivity index (χ0n) is 66.2. The lowest BCUT2D eigenvalue weighted by atomic mass is 9.82. The first-order valence-corrected chi connectivity index (χ1v) is 41.1. The van der Waals surface area contributed by atoms with E-state index < -0.39 is 71.1 Å². The highest BCUT2D eigenvalue weighted by Crippen LogP contribution is 2.46. The summed E-state index contributed by atoms with van der Waals surface area (Å²) in [6, 6.07) is 22.9. The summed E-state index contributed by atoms with van der Waals surface area (Å²) in [5, 5.41) is 70.4. The van der Waals surface area contributed by atoms with Gasteiger partial charge in [0.1, 0.15) is 92.4 Å². The molecule has 10 N–H and O–H groups in total. The Bertz CT molecular complexity index is 3560. The Morgan fingerprint density at radius 2 is 0.682 bits per heavy atom. The molecule has 10 aliphatic heterocycles. The van der Waals surface area contributed by atoms with Crippen molar-refractivity contribution in [2.45, 2.75) is 244 Å². The van der Waals surface area contributed by atoms with E-state index in [1.807, 2.05) is 86.6 Å². The maximum Gasteiger partial charge on any atom is 0.159 e. The molecule has 33 heteroatoms. The number of hydrogen-bond donors (Lipinski definition) is 10. The molecule has 0 bridgehead atoms. The number of amidine groups is 5. The van der Waals surface area contributed by atoms with Gasteiger partial charge in [-0.3, -0.25) is 25.0 Å². The van der Waals surface area contributed by atoms with Gasteiger partial charge in [-0.05, 0) is 114 Å². The molecule has 10 fully saturated rings. The fourth-order valence-corrected chi connectivity index (χ4v) is 20.1. The lowest BCUT2D eigenvalue weighted by Gasteiger charge is -2.46. The van der Waals surface area contributed by atoms with Gasteiger partial charge in [0.15, 0.2) is 25.8 Å². The molecule has 13 rings (SSSR count). The van der Waals surface area contributed by atoms with Crippen LogP contribution in [0.4, 0.5) is 8.78 Å². The second-order valence-electron chi connectivity index (χ2n) is 30.1. The predicted octanol–water partition coefficient (Wildman–Crippen LogP) is 8.56. The quantitative estimate of drug-likeness (QED) is 0.0566. The highest BCUT2D eigenvalue weighted by Gasteiger charge is 2.57. The van der Waals surface area contributed by atoms with E-state index in [0.717, 1.165) is 60.2 Å². The van der Waals surface area contributed by atoms with Crippen LogP contribution in [0.15, 0.2) is 122 Å². The van der Waals surface area contributed by atoms with Crippen LogP contribution in [-0.2, 0) is 57.7 Å². The van der Waals surface area contributed by atoms with E-state index >= 15 is 0 Å². The summed E-state index contributed by atoms with van der Waals surface area (Å²) >= 11 is 7.41. The molecule has 10 heterocycles. The first-order valence-electron chi connectivity index (χ1n) is 36.7. The minimum absolute atomic E-state index is 0.00235. The summed E-state index contributed by atoms with van der Waals surface area (Å²) in [4.78, 5) is 20.7. The van der Waals surface area contributed by atoms with E-state index in [2.05, 4.69) is 78.6 Å². The molecule has 0 unspecified atom stereocenters. The number of rotatable bonds is 17. The van der Waals surface area contributed by atoms with Gasteiger partial charge >= 0.3 is 0 Å². The van der Waals surface area contributed by atoms with Crippen LogP contribution in [-0.4, -0.2) is 256 Å². The van der Waals surface area contributed by atoms with Gasteiger partial charge < -0.3 is 104 Å². The Morgan fingerprint density at radius 3 is 1.00 bits per heavy atom. The van der Waals surface area contributed by atoms with Crippen LogP contribution < -0.4 is 40.8 Å². The highest BCUT2D eigenvalue weighted by molar-refractivity contribution is 8.15. The fourth-order valence-electron chi connectivity index (χ4n) is 14.7. The largest absolute Gasteiger partial charge is 0.497 e. The third-order valence-corrected chi connectivity index (χ3v) is 26.2. The molecule has 0 aliphatic carbocycles. The van der Waals surface area contributed by atoms with Crippen molar-refractivity contribution in [1.82, 2.24) is 26.6 Å². The third kappa shape index (κ3) is 21.7. The van der Waals surface area contributed by atoms with E-state index in [9.17, 15) is 34.3 Å². The van der Waals surface area contributed by atoms with Crippen molar-refractivity contribution in [2.75, 3.05) is 56.6 Å². The number of benzene rings is 3. The lowest BCUT2D eigenvalue weighted by Crippen LogP contribution is -2.62. The van der Waals surface area contributed by atoms with Crippen LogP contribution in [0.1, 0.15) is 92.9 Å². The summed E-state index contributed by atoms with van der Waals surface area (Å²) < 4.78 is 92.9. The number of halogens is 2. The molecule has 0 spiro atoms. The van der Waals surface area contributed by atoms with Crippen molar-refractivity contribution in [2.24, 2.45) is 42.7 Å². The van der Waals surface area contributed by atoms with Gasteiger partial charge in [0.25, 0.3) is 0 Å². The Kier molecular flexibility index (Phi) is 31.6. The van der Waals surface area contributed by atoms with E-state index in [1.165, 1.54) is 49.1 Å². The number of aliphatic hydroxyl groups excluding tert-OH is 4. The van der Waals surface area contributed by atoms with Crippen LogP contribution >= 0.6 is 58.8 Å². The fraction of sp³-hybridized carbons (Fsp3) is 0.649.